The molecule has 4 aromatic rings. The number of imidazole rings is 1. The molecule has 1 amide bonds. The molecule has 0 radical (unpaired) electrons. The Morgan fingerprint density at radius 3 is 2.84 bits per heavy atom. The van der Waals surface area contributed by atoms with E-state index in [1.54, 1.807) is 6.20 Å². The lowest BCUT2D eigenvalue weighted by molar-refractivity contribution is -0.132. The van der Waals surface area contributed by atoms with Crippen molar-refractivity contribution in [3.05, 3.63) is 36.3 Å². The van der Waals surface area contributed by atoms with Gasteiger partial charge in [-0.3, -0.25) is 9.89 Å². The van der Waals surface area contributed by atoms with Crippen molar-refractivity contribution in [2.75, 3.05) is 18.8 Å². The van der Waals surface area contributed by atoms with Crippen LogP contribution in [0.2, 0.25) is 0 Å². The van der Waals surface area contributed by atoms with Crippen LogP contribution in [0.1, 0.15) is 57.8 Å². The van der Waals surface area contributed by atoms with Crippen molar-refractivity contribution in [1.82, 2.24) is 29.6 Å². The number of nitrogen functional groups attached to an aromatic ring is 1. The molecule has 3 aromatic heterocycles. The number of rotatable bonds is 4. The first-order chi connectivity index (χ1) is 15.5. The molecule has 0 spiro atoms. The highest BCUT2D eigenvalue weighted by atomic mass is 16.2. The highest BCUT2D eigenvalue weighted by molar-refractivity contribution is 6.07. The van der Waals surface area contributed by atoms with Gasteiger partial charge < -0.3 is 15.2 Å². The minimum atomic E-state index is 0.188. The number of nitrogens with one attached hydrogen (secondary N) is 1. The van der Waals surface area contributed by atoms with E-state index in [4.69, 9.17) is 15.7 Å². The third kappa shape index (κ3) is 3.30. The minimum absolute atomic E-state index is 0.188. The van der Waals surface area contributed by atoms with Crippen LogP contribution < -0.4 is 5.73 Å². The van der Waals surface area contributed by atoms with E-state index in [2.05, 4.69) is 40.7 Å². The molecule has 3 N–H and O–H groups in total. The summed E-state index contributed by atoms with van der Waals surface area (Å²) in [5.41, 5.74) is 11.0. The third-order valence-electron chi connectivity index (χ3n) is 6.44. The minimum Gasteiger partial charge on any atom is -0.382 e. The van der Waals surface area contributed by atoms with Gasteiger partial charge in [0, 0.05) is 48.6 Å². The van der Waals surface area contributed by atoms with Crippen LogP contribution in [0.4, 0.5) is 5.82 Å². The van der Waals surface area contributed by atoms with Crippen molar-refractivity contribution in [2.45, 2.75) is 52.0 Å². The van der Waals surface area contributed by atoms with Crippen LogP contribution in [0, 0.1) is 0 Å². The number of aromatic nitrogens is 5. The number of likely N-dealkylation sites (tertiary alicyclic amines) is 1. The number of anilines is 1. The van der Waals surface area contributed by atoms with Crippen molar-refractivity contribution >= 4 is 33.7 Å². The van der Waals surface area contributed by atoms with Crippen LogP contribution in [-0.2, 0) is 4.79 Å². The zero-order valence-electron chi connectivity index (χ0n) is 18.8. The first-order valence-electron chi connectivity index (χ1n) is 11.4. The summed E-state index contributed by atoms with van der Waals surface area (Å²) in [4.78, 5) is 24.0. The zero-order valence-corrected chi connectivity index (χ0v) is 18.8. The number of aromatic amines is 1. The second-order valence-electron chi connectivity index (χ2n) is 8.86. The number of carbonyl (C=O) groups is 1. The van der Waals surface area contributed by atoms with Gasteiger partial charge in [-0.05, 0) is 44.9 Å². The van der Waals surface area contributed by atoms with Crippen molar-refractivity contribution in [3.8, 4) is 11.3 Å². The van der Waals surface area contributed by atoms with Gasteiger partial charge in [-0.15, -0.1) is 0 Å². The Hall–Kier alpha value is -3.42. The largest absolute Gasteiger partial charge is 0.382 e. The first-order valence-corrected chi connectivity index (χ1v) is 11.4. The van der Waals surface area contributed by atoms with Gasteiger partial charge in [0.25, 0.3) is 0 Å². The molecule has 0 aliphatic carbocycles. The van der Waals surface area contributed by atoms with Gasteiger partial charge in [0.1, 0.15) is 11.3 Å². The van der Waals surface area contributed by atoms with E-state index in [-0.39, 0.29) is 17.9 Å². The lowest BCUT2D eigenvalue weighted by Gasteiger charge is -2.33. The topological polar surface area (TPSA) is 106 Å². The van der Waals surface area contributed by atoms with Crippen molar-refractivity contribution < 1.29 is 4.79 Å². The number of H-pyrrole nitrogens is 1. The number of hydrogen-bond acceptors (Lipinski definition) is 5. The number of hydrogen-bond donors (Lipinski definition) is 2. The van der Waals surface area contributed by atoms with Gasteiger partial charge in [0.2, 0.25) is 5.91 Å². The summed E-state index contributed by atoms with van der Waals surface area (Å²) in [6.45, 7) is 7.80. The highest BCUT2D eigenvalue weighted by Crippen LogP contribution is 2.37. The van der Waals surface area contributed by atoms with Crippen LogP contribution in [0.5, 0.6) is 0 Å². The Morgan fingerprint density at radius 1 is 1.28 bits per heavy atom. The van der Waals surface area contributed by atoms with Crippen molar-refractivity contribution in [2.24, 2.45) is 0 Å². The van der Waals surface area contributed by atoms with Gasteiger partial charge >= 0.3 is 0 Å². The predicted octanol–water partition coefficient (Wildman–Crippen LogP) is 4.25. The molecule has 1 atom stereocenters. The van der Waals surface area contributed by atoms with Crippen LogP contribution in [0.15, 0.2) is 30.5 Å². The first kappa shape index (κ1) is 20.5. The van der Waals surface area contributed by atoms with Gasteiger partial charge in [0.05, 0.1) is 16.7 Å². The fourth-order valence-corrected chi connectivity index (χ4v) is 4.93. The standard InChI is InChI=1S/C24H29N7O/c1-4-20(32)30-11-5-6-16(13-30)24-28-21-22(31(24)14(2)3)17-8-7-15(18-9-10-26-29-18)12-19(17)27-23(21)25/h7-10,12,14,16H,4-6,11,13H2,1-3H3,(H2,25,27)(H,26,29). The molecular weight excluding hydrogens is 402 g/mol. The predicted molar refractivity (Wildman–Crippen MR) is 126 cm³/mol. The molecule has 1 fully saturated rings. The Kier molecular flexibility index (Phi) is 5.07. The Labute approximate surface area is 186 Å². The van der Waals surface area contributed by atoms with E-state index in [1.165, 1.54) is 0 Å². The highest BCUT2D eigenvalue weighted by Gasteiger charge is 2.30. The molecular formula is C24H29N7O. The summed E-state index contributed by atoms with van der Waals surface area (Å²) in [5, 5.41) is 8.09. The van der Waals surface area contributed by atoms with Gasteiger partial charge in [-0.1, -0.05) is 13.0 Å². The molecule has 166 valence electrons. The molecule has 1 aromatic carbocycles. The number of carbonyl (C=O) groups excluding carboxylic acids is 1. The Bertz CT molecular complexity index is 1290. The molecule has 0 bridgehead atoms. The zero-order chi connectivity index (χ0) is 22.4. The normalized spacial score (nSPS) is 17.0. The van der Waals surface area contributed by atoms with Crippen LogP contribution in [-0.4, -0.2) is 48.6 Å². The molecule has 4 heterocycles. The lowest BCUT2D eigenvalue weighted by Crippen LogP contribution is -2.39. The van der Waals surface area contributed by atoms with Crippen LogP contribution in [0.25, 0.3) is 33.2 Å². The third-order valence-corrected chi connectivity index (χ3v) is 6.44. The quantitative estimate of drug-likeness (QED) is 0.502. The summed E-state index contributed by atoms with van der Waals surface area (Å²) < 4.78 is 2.30. The maximum absolute atomic E-state index is 12.4. The number of fused-ring (bicyclic) bond motifs is 3. The van der Waals surface area contributed by atoms with E-state index in [0.29, 0.717) is 18.8 Å². The molecule has 8 heteroatoms. The molecule has 5 rings (SSSR count). The van der Waals surface area contributed by atoms with Gasteiger partial charge in [-0.25, -0.2) is 9.97 Å². The smallest absolute Gasteiger partial charge is 0.222 e. The number of amides is 1. The van der Waals surface area contributed by atoms with E-state index >= 15 is 0 Å². The molecule has 1 aliphatic heterocycles. The number of nitrogens with two attached hydrogens (primary N) is 1. The summed E-state index contributed by atoms with van der Waals surface area (Å²) >= 11 is 0. The average molecular weight is 432 g/mol. The van der Waals surface area contributed by atoms with Gasteiger partial charge in [0.15, 0.2) is 5.82 Å². The molecule has 32 heavy (non-hydrogen) atoms. The van der Waals surface area contributed by atoms with E-state index in [9.17, 15) is 4.79 Å². The maximum Gasteiger partial charge on any atom is 0.222 e. The molecule has 1 unspecified atom stereocenters. The average Bonchev–Trinajstić information content (AvgIpc) is 3.47. The fraction of sp³-hybridized carbons (Fsp3) is 0.417. The van der Waals surface area contributed by atoms with Gasteiger partial charge in [-0.2, -0.15) is 5.10 Å². The second-order valence-corrected chi connectivity index (χ2v) is 8.86. The second kappa shape index (κ2) is 7.93. The molecule has 8 nitrogen and oxygen atoms in total. The maximum atomic E-state index is 12.4. The summed E-state index contributed by atoms with van der Waals surface area (Å²) in [6, 6.07) is 8.35. The van der Waals surface area contributed by atoms with Crippen LogP contribution in [0.3, 0.4) is 0 Å². The lowest BCUT2D eigenvalue weighted by atomic mass is 9.96. The molecule has 1 saturated heterocycles. The SMILES string of the molecule is CCC(=O)N1CCCC(c2nc3c(N)nc4cc(-c5ccn[nH]5)ccc4c3n2C(C)C)C1. The monoisotopic (exact) mass is 431 g/mol. The van der Waals surface area contributed by atoms with Crippen molar-refractivity contribution in [1.29, 1.82) is 0 Å². The number of pyridine rings is 1. The Morgan fingerprint density at radius 2 is 2.12 bits per heavy atom. The van der Waals surface area contributed by atoms with E-state index in [0.717, 1.165) is 58.4 Å². The number of piperidine rings is 1. The fourth-order valence-electron chi connectivity index (χ4n) is 4.93. The summed E-state index contributed by atoms with van der Waals surface area (Å²) in [6.07, 6.45) is 4.27. The number of benzene rings is 1. The summed E-state index contributed by atoms with van der Waals surface area (Å²) in [7, 11) is 0. The number of nitrogens with zero attached hydrogens (tertiary/aromatic N) is 5. The Balaban J connectivity index is 1.68. The molecule has 1 aliphatic rings. The van der Waals surface area contributed by atoms with E-state index in [1.807, 2.05) is 24.0 Å². The molecule has 0 saturated carbocycles. The van der Waals surface area contributed by atoms with E-state index < -0.39 is 0 Å². The summed E-state index contributed by atoms with van der Waals surface area (Å²) in [5.74, 6) is 1.84. The van der Waals surface area contributed by atoms with Crippen LogP contribution >= 0.6 is 0 Å². The van der Waals surface area contributed by atoms with Crippen molar-refractivity contribution in [3.63, 3.8) is 0 Å².